The van der Waals surface area contributed by atoms with Gasteiger partial charge in [0.15, 0.2) is 11.5 Å². The topological polar surface area (TPSA) is 105 Å². The summed E-state index contributed by atoms with van der Waals surface area (Å²) in [7, 11) is 2.72. The fraction of sp³-hybridized carbons (Fsp3) is 0.125. The van der Waals surface area contributed by atoms with Crippen LogP contribution >= 0.6 is 0 Å². The molecule has 0 heterocycles. The van der Waals surface area contributed by atoms with Crippen LogP contribution in [0.1, 0.15) is 11.1 Å². The number of nitrogens with zero attached hydrogens (tertiary/aromatic N) is 2. The van der Waals surface area contributed by atoms with E-state index in [4.69, 9.17) is 9.47 Å². The molecule has 0 aromatic heterocycles. The predicted molar refractivity (Wildman–Crippen MR) is 88.2 cm³/mol. The number of benzene rings is 2. The van der Waals surface area contributed by atoms with E-state index in [-0.39, 0.29) is 22.9 Å². The lowest BCUT2D eigenvalue weighted by molar-refractivity contribution is -0.385. The van der Waals surface area contributed by atoms with E-state index in [0.717, 1.165) is 0 Å². The van der Waals surface area contributed by atoms with Gasteiger partial charge in [-0.2, -0.15) is 0 Å². The van der Waals surface area contributed by atoms with E-state index >= 15 is 0 Å². The first-order valence-corrected chi connectivity index (χ1v) is 6.79. The molecule has 0 bridgehead atoms. The Kier molecular flexibility index (Phi) is 5.10. The van der Waals surface area contributed by atoms with E-state index < -0.39 is 9.85 Å². The highest BCUT2D eigenvalue weighted by atomic mass is 16.6. The molecule has 0 fully saturated rings. The molecule has 0 atom stereocenters. The molecule has 0 radical (unpaired) electrons. The van der Waals surface area contributed by atoms with Crippen LogP contribution in [-0.4, -0.2) is 24.1 Å². The first-order chi connectivity index (χ1) is 11.5. The maximum Gasteiger partial charge on any atom is 0.310 e. The molecular formula is C16H14N2O6. The fourth-order valence-corrected chi connectivity index (χ4v) is 2.09. The van der Waals surface area contributed by atoms with Crippen LogP contribution in [0.25, 0.3) is 12.2 Å². The van der Waals surface area contributed by atoms with Gasteiger partial charge in [-0.15, -0.1) is 0 Å². The smallest absolute Gasteiger partial charge is 0.310 e. The van der Waals surface area contributed by atoms with E-state index in [2.05, 4.69) is 0 Å². The van der Waals surface area contributed by atoms with Gasteiger partial charge in [0.1, 0.15) is 0 Å². The largest absolute Gasteiger partial charge is 0.490 e. The van der Waals surface area contributed by atoms with Gasteiger partial charge in [0.05, 0.1) is 24.1 Å². The number of hydrogen-bond acceptors (Lipinski definition) is 6. The first-order valence-electron chi connectivity index (χ1n) is 6.79. The molecule has 124 valence electrons. The van der Waals surface area contributed by atoms with Crippen molar-refractivity contribution >= 4 is 23.5 Å². The molecule has 8 heteroatoms. The number of ether oxygens (including phenoxy) is 2. The third-order valence-electron chi connectivity index (χ3n) is 3.27. The molecule has 0 unspecified atom stereocenters. The van der Waals surface area contributed by atoms with Crippen LogP contribution in [0.2, 0.25) is 0 Å². The highest BCUT2D eigenvalue weighted by molar-refractivity contribution is 5.73. The molecule has 2 rings (SSSR count). The van der Waals surface area contributed by atoms with Crippen molar-refractivity contribution in [3.8, 4) is 11.5 Å². The number of nitro groups is 2. The molecule has 24 heavy (non-hydrogen) atoms. The molecule has 0 N–H and O–H groups in total. The van der Waals surface area contributed by atoms with Crippen molar-refractivity contribution < 1.29 is 19.3 Å². The Bertz CT molecular complexity index is 749. The van der Waals surface area contributed by atoms with E-state index in [1.54, 1.807) is 24.3 Å². The minimum Gasteiger partial charge on any atom is -0.490 e. The zero-order chi connectivity index (χ0) is 17.7. The van der Waals surface area contributed by atoms with Crippen molar-refractivity contribution in [2.75, 3.05) is 14.2 Å². The highest BCUT2D eigenvalue weighted by Crippen LogP contribution is 2.30. The lowest BCUT2D eigenvalue weighted by Crippen LogP contribution is -1.94. The van der Waals surface area contributed by atoms with E-state index in [0.29, 0.717) is 11.1 Å². The quantitative estimate of drug-likeness (QED) is 0.454. The summed E-state index contributed by atoms with van der Waals surface area (Å²) in [6, 6.07) is 8.96. The van der Waals surface area contributed by atoms with Crippen LogP contribution in [0, 0.1) is 20.2 Å². The van der Waals surface area contributed by atoms with Crippen molar-refractivity contribution in [3.63, 3.8) is 0 Å². The van der Waals surface area contributed by atoms with Gasteiger partial charge in [-0.1, -0.05) is 12.2 Å². The summed E-state index contributed by atoms with van der Waals surface area (Å²) in [5, 5.41) is 21.7. The maximum absolute atomic E-state index is 10.9. The lowest BCUT2D eigenvalue weighted by Gasteiger charge is -2.04. The number of nitro benzene ring substituents is 2. The van der Waals surface area contributed by atoms with E-state index in [1.807, 2.05) is 0 Å². The normalized spacial score (nSPS) is 10.6. The zero-order valence-electron chi connectivity index (χ0n) is 13.0. The molecule has 0 saturated carbocycles. The van der Waals surface area contributed by atoms with Crippen molar-refractivity contribution in [2.45, 2.75) is 0 Å². The summed E-state index contributed by atoms with van der Waals surface area (Å²) in [5.41, 5.74) is 1.14. The average Bonchev–Trinajstić information content (AvgIpc) is 2.58. The monoisotopic (exact) mass is 330 g/mol. The molecule has 8 nitrogen and oxygen atoms in total. The minimum atomic E-state index is -0.520. The summed E-state index contributed by atoms with van der Waals surface area (Å²) in [4.78, 5) is 20.7. The van der Waals surface area contributed by atoms with Crippen molar-refractivity contribution in [2.24, 2.45) is 0 Å². The molecule has 2 aromatic rings. The predicted octanol–water partition coefficient (Wildman–Crippen LogP) is 3.69. The van der Waals surface area contributed by atoms with Gasteiger partial charge >= 0.3 is 11.4 Å². The summed E-state index contributed by atoms with van der Waals surface area (Å²) < 4.78 is 10.0. The minimum absolute atomic E-state index is 0.119. The second-order valence-electron chi connectivity index (χ2n) is 4.71. The van der Waals surface area contributed by atoms with Gasteiger partial charge in [-0.3, -0.25) is 20.2 Å². The molecule has 2 aromatic carbocycles. The second-order valence-corrected chi connectivity index (χ2v) is 4.71. The lowest BCUT2D eigenvalue weighted by atomic mass is 10.1. The molecule has 0 aliphatic rings. The van der Waals surface area contributed by atoms with Crippen molar-refractivity contribution in [1.82, 2.24) is 0 Å². The summed E-state index contributed by atoms with van der Waals surface area (Å²) in [5.74, 6) is 0.312. The molecule has 0 saturated heterocycles. The highest BCUT2D eigenvalue weighted by Gasteiger charge is 2.15. The van der Waals surface area contributed by atoms with Crippen molar-refractivity contribution in [3.05, 3.63) is 67.8 Å². The first kappa shape index (κ1) is 16.9. The van der Waals surface area contributed by atoms with Crippen LogP contribution in [0.5, 0.6) is 11.5 Å². The molecule has 0 amide bonds. The number of methoxy groups -OCH3 is 2. The number of rotatable bonds is 6. The van der Waals surface area contributed by atoms with Gasteiger partial charge < -0.3 is 9.47 Å². The zero-order valence-corrected chi connectivity index (χ0v) is 13.0. The Morgan fingerprint density at radius 1 is 0.792 bits per heavy atom. The van der Waals surface area contributed by atoms with Gasteiger partial charge in [0, 0.05) is 12.1 Å². The SMILES string of the molecule is COc1cc(/C=C/c2ccc([N+](=O)[O-])c(OC)c2)ccc1[N+](=O)[O-]. The van der Waals surface area contributed by atoms with Crippen LogP contribution in [0.3, 0.4) is 0 Å². The summed E-state index contributed by atoms with van der Waals surface area (Å²) in [6.45, 7) is 0. The molecule has 0 aliphatic carbocycles. The summed E-state index contributed by atoms with van der Waals surface area (Å²) >= 11 is 0. The van der Waals surface area contributed by atoms with Crippen LogP contribution in [-0.2, 0) is 0 Å². The Balaban J connectivity index is 2.31. The maximum atomic E-state index is 10.9. The standard InChI is InChI=1S/C16H14N2O6/c1-23-15-9-11(5-7-13(15)17(19)20)3-4-12-6-8-14(18(21)22)16(10-12)24-2/h3-10H,1-2H3/b4-3+. The van der Waals surface area contributed by atoms with Gasteiger partial charge in [0.2, 0.25) is 0 Å². The Labute approximate surface area is 137 Å². The fourth-order valence-electron chi connectivity index (χ4n) is 2.09. The second kappa shape index (κ2) is 7.23. The Hall–Kier alpha value is -3.42. The van der Waals surface area contributed by atoms with E-state index in [1.165, 1.54) is 38.5 Å². The van der Waals surface area contributed by atoms with Gasteiger partial charge in [-0.25, -0.2) is 0 Å². The molecular weight excluding hydrogens is 316 g/mol. The third kappa shape index (κ3) is 3.67. The van der Waals surface area contributed by atoms with Crippen LogP contribution in [0.4, 0.5) is 11.4 Å². The van der Waals surface area contributed by atoms with Gasteiger partial charge in [-0.05, 0) is 35.4 Å². The Morgan fingerprint density at radius 2 is 1.17 bits per heavy atom. The Morgan fingerprint density at radius 3 is 1.46 bits per heavy atom. The van der Waals surface area contributed by atoms with E-state index in [9.17, 15) is 20.2 Å². The van der Waals surface area contributed by atoms with Gasteiger partial charge in [0.25, 0.3) is 0 Å². The van der Waals surface area contributed by atoms with Crippen LogP contribution in [0.15, 0.2) is 36.4 Å². The van der Waals surface area contributed by atoms with Crippen molar-refractivity contribution in [1.29, 1.82) is 0 Å². The van der Waals surface area contributed by atoms with Crippen LogP contribution < -0.4 is 9.47 Å². The number of hydrogen-bond donors (Lipinski definition) is 0. The third-order valence-corrected chi connectivity index (χ3v) is 3.27. The molecule has 0 spiro atoms. The molecule has 0 aliphatic heterocycles. The summed E-state index contributed by atoms with van der Waals surface area (Å²) in [6.07, 6.45) is 3.43. The average molecular weight is 330 g/mol.